The standard InChI is InChI=1S/C11H14ClN5/c1-8-3-5-17(2)6-4-9(8)15-11-14-7-13-10(12)16-11/h4,6-7H,3,5H2,1-2H3,(H,13,14,15,16). The van der Waals surface area contributed by atoms with Crippen LogP contribution in [0.5, 0.6) is 0 Å². The van der Waals surface area contributed by atoms with Gasteiger partial charge in [0.05, 0.1) is 0 Å². The van der Waals surface area contributed by atoms with Crippen LogP contribution >= 0.6 is 11.6 Å². The lowest BCUT2D eigenvalue weighted by Gasteiger charge is -2.10. The number of nitrogens with one attached hydrogen (secondary N) is 1. The van der Waals surface area contributed by atoms with Crippen LogP contribution in [-0.4, -0.2) is 33.4 Å². The molecule has 0 saturated heterocycles. The Morgan fingerprint density at radius 3 is 3.00 bits per heavy atom. The van der Waals surface area contributed by atoms with Gasteiger partial charge in [0.1, 0.15) is 6.33 Å². The van der Waals surface area contributed by atoms with Crippen LogP contribution in [0.1, 0.15) is 13.3 Å². The van der Waals surface area contributed by atoms with Gasteiger partial charge in [0.25, 0.3) is 0 Å². The van der Waals surface area contributed by atoms with Crippen LogP contribution in [0, 0.1) is 0 Å². The quantitative estimate of drug-likeness (QED) is 0.872. The van der Waals surface area contributed by atoms with Crippen molar-refractivity contribution >= 4 is 17.5 Å². The Kier molecular flexibility index (Phi) is 3.58. The first-order valence-corrected chi connectivity index (χ1v) is 5.72. The largest absolute Gasteiger partial charge is 0.380 e. The third kappa shape index (κ3) is 3.17. The predicted molar refractivity (Wildman–Crippen MR) is 67.5 cm³/mol. The highest BCUT2D eigenvalue weighted by Crippen LogP contribution is 2.16. The second kappa shape index (κ2) is 5.14. The molecular formula is C11H14ClN5. The molecule has 0 amide bonds. The van der Waals surface area contributed by atoms with Crippen molar-refractivity contribution in [3.05, 3.63) is 35.2 Å². The number of nitrogens with zero attached hydrogens (tertiary/aromatic N) is 4. The molecule has 1 aliphatic rings. The first-order chi connectivity index (χ1) is 8.15. The van der Waals surface area contributed by atoms with E-state index in [2.05, 4.69) is 32.1 Å². The molecule has 1 aromatic heterocycles. The number of halogens is 1. The summed E-state index contributed by atoms with van der Waals surface area (Å²) in [5, 5.41) is 3.34. The van der Waals surface area contributed by atoms with E-state index in [1.807, 2.05) is 19.3 Å². The van der Waals surface area contributed by atoms with Gasteiger partial charge in [-0.1, -0.05) is 0 Å². The Morgan fingerprint density at radius 2 is 2.24 bits per heavy atom. The van der Waals surface area contributed by atoms with Crippen LogP contribution in [0.2, 0.25) is 5.28 Å². The fourth-order valence-electron chi connectivity index (χ4n) is 1.50. The smallest absolute Gasteiger partial charge is 0.231 e. The molecule has 0 spiro atoms. The van der Waals surface area contributed by atoms with Crippen LogP contribution in [-0.2, 0) is 0 Å². The molecule has 0 saturated carbocycles. The van der Waals surface area contributed by atoms with Crippen molar-refractivity contribution in [1.82, 2.24) is 19.9 Å². The maximum atomic E-state index is 5.71. The monoisotopic (exact) mass is 251 g/mol. The van der Waals surface area contributed by atoms with E-state index in [-0.39, 0.29) is 5.28 Å². The minimum absolute atomic E-state index is 0.190. The summed E-state index contributed by atoms with van der Waals surface area (Å²) >= 11 is 5.71. The van der Waals surface area contributed by atoms with Crippen molar-refractivity contribution < 1.29 is 0 Å². The molecular weight excluding hydrogens is 238 g/mol. The molecule has 1 aromatic rings. The minimum atomic E-state index is 0.190. The summed E-state index contributed by atoms with van der Waals surface area (Å²) in [6, 6.07) is 0. The number of aromatic nitrogens is 3. The van der Waals surface area contributed by atoms with Crippen LogP contribution in [0.3, 0.4) is 0 Å². The lowest BCUT2D eigenvalue weighted by atomic mass is 10.2. The first kappa shape index (κ1) is 11.9. The summed E-state index contributed by atoms with van der Waals surface area (Å²) in [6.07, 6.45) is 6.44. The Bertz CT molecular complexity index is 469. The van der Waals surface area contributed by atoms with Gasteiger partial charge in [-0.25, -0.2) is 9.97 Å². The zero-order valence-corrected chi connectivity index (χ0v) is 10.6. The predicted octanol–water partition coefficient (Wildman–Crippen LogP) is 2.06. The average Bonchev–Trinajstić information content (AvgIpc) is 2.45. The average molecular weight is 252 g/mol. The van der Waals surface area contributed by atoms with E-state index in [9.17, 15) is 0 Å². The van der Waals surface area contributed by atoms with Crippen molar-refractivity contribution in [2.75, 3.05) is 18.9 Å². The van der Waals surface area contributed by atoms with Crippen molar-refractivity contribution in [2.45, 2.75) is 13.3 Å². The SMILES string of the molecule is CC1=C(Nc2ncnc(Cl)n2)C=CN(C)CC1. The molecule has 0 unspecified atom stereocenters. The number of rotatable bonds is 2. The lowest BCUT2D eigenvalue weighted by Crippen LogP contribution is -2.10. The molecule has 90 valence electrons. The molecule has 2 heterocycles. The highest BCUT2D eigenvalue weighted by Gasteiger charge is 2.07. The normalized spacial score (nSPS) is 16.1. The highest BCUT2D eigenvalue weighted by atomic mass is 35.5. The Hall–Kier alpha value is -1.62. The molecule has 0 radical (unpaired) electrons. The maximum absolute atomic E-state index is 5.71. The van der Waals surface area contributed by atoms with Gasteiger partial charge in [0, 0.05) is 25.5 Å². The molecule has 2 rings (SSSR count). The number of allylic oxidation sites excluding steroid dienone is 1. The highest BCUT2D eigenvalue weighted by molar-refractivity contribution is 6.28. The fraction of sp³-hybridized carbons (Fsp3) is 0.364. The Balaban J connectivity index is 2.19. The molecule has 0 bridgehead atoms. The van der Waals surface area contributed by atoms with Gasteiger partial charge in [-0.3, -0.25) is 0 Å². The molecule has 0 atom stereocenters. The number of hydrogen-bond donors (Lipinski definition) is 1. The van der Waals surface area contributed by atoms with Gasteiger partial charge in [0.2, 0.25) is 11.2 Å². The van der Waals surface area contributed by atoms with Crippen molar-refractivity contribution in [1.29, 1.82) is 0 Å². The summed E-state index contributed by atoms with van der Waals surface area (Å²) in [6.45, 7) is 3.10. The van der Waals surface area contributed by atoms with E-state index < -0.39 is 0 Å². The fourth-order valence-corrected chi connectivity index (χ4v) is 1.63. The Morgan fingerprint density at radius 1 is 1.41 bits per heavy atom. The Labute approximate surface area is 105 Å². The van der Waals surface area contributed by atoms with Gasteiger partial charge < -0.3 is 10.2 Å². The summed E-state index contributed by atoms with van der Waals surface area (Å²) in [5.74, 6) is 0.466. The summed E-state index contributed by atoms with van der Waals surface area (Å²) in [5.41, 5.74) is 2.28. The summed E-state index contributed by atoms with van der Waals surface area (Å²) < 4.78 is 0. The van der Waals surface area contributed by atoms with Crippen molar-refractivity contribution in [2.24, 2.45) is 0 Å². The number of hydrogen-bond acceptors (Lipinski definition) is 5. The van der Waals surface area contributed by atoms with E-state index in [0.717, 1.165) is 18.7 Å². The van der Waals surface area contributed by atoms with E-state index in [1.165, 1.54) is 11.9 Å². The topological polar surface area (TPSA) is 53.9 Å². The number of anilines is 1. The molecule has 5 nitrogen and oxygen atoms in total. The molecule has 0 aromatic carbocycles. The third-order valence-electron chi connectivity index (χ3n) is 2.58. The molecule has 0 fully saturated rings. The van der Waals surface area contributed by atoms with Crippen LogP contribution < -0.4 is 5.32 Å². The van der Waals surface area contributed by atoms with Crippen LogP contribution in [0.15, 0.2) is 29.9 Å². The van der Waals surface area contributed by atoms with Crippen molar-refractivity contribution in [3.63, 3.8) is 0 Å². The molecule has 1 aliphatic heterocycles. The molecule has 0 aliphatic carbocycles. The third-order valence-corrected chi connectivity index (χ3v) is 2.77. The molecule has 17 heavy (non-hydrogen) atoms. The summed E-state index contributed by atoms with van der Waals surface area (Å²) in [4.78, 5) is 13.9. The molecule has 6 heteroatoms. The van der Waals surface area contributed by atoms with Gasteiger partial charge in [-0.15, -0.1) is 0 Å². The van der Waals surface area contributed by atoms with E-state index in [0.29, 0.717) is 5.95 Å². The van der Waals surface area contributed by atoms with E-state index in [4.69, 9.17) is 11.6 Å². The lowest BCUT2D eigenvalue weighted by molar-refractivity contribution is 0.463. The zero-order valence-electron chi connectivity index (χ0n) is 9.81. The minimum Gasteiger partial charge on any atom is -0.380 e. The summed E-state index contributed by atoms with van der Waals surface area (Å²) in [7, 11) is 2.05. The van der Waals surface area contributed by atoms with Gasteiger partial charge >= 0.3 is 0 Å². The van der Waals surface area contributed by atoms with Gasteiger partial charge in [0.15, 0.2) is 0 Å². The van der Waals surface area contributed by atoms with Crippen LogP contribution in [0.25, 0.3) is 0 Å². The second-order valence-electron chi connectivity index (χ2n) is 3.94. The maximum Gasteiger partial charge on any atom is 0.231 e. The zero-order chi connectivity index (χ0) is 12.3. The molecule has 1 N–H and O–H groups in total. The van der Waals surface area contributed by atoms with Gasteiger partial charge in [-0.05, 0) is 36.6 Å². The van der Waals surface area contributed by atoms with Crippen LogP contribution in [0.4, 0.5) is 5.95 Å². The van der Waals surface area contributed by atoms with Gasteiger partial charge in [-0.2, -0.15) is 4.98 Å². The van der Waals surface area contributed by atoms with E-state index in [1.54, 1.807) is 0 Å². The second-order valence-corrected chi connectivity index (χ2v) is 4.28. The first-order valence-electron chi connectivity index (χ1n) is 5.35. The van der Waals surface area contributed by atoms with Crippen molar-refractivity contribution in [3.8, 4) is 0 Å². The van der Waals surface area contributed by atoms with E-state index >= 15 is 0 Å².